The van der Waals surface area contributed by atoms with Crippen molar-refractivity contribution in [3.8, 4) is 17.2 Å². The van der Waals surface area contributed by atoms with Gasteiger partial charge in [0.05, 0.1) is 7.11 Å². The van der Waals surface area contributed by atoms with Gasteiger partial charge in [0, 0.05) is 38.3 Å². The molecular weight excluding hydrogens is 324 g/mol. The van der Waals surface area contributed by atoms with E-state index in [2.05, 4.69) is 26.1 Å². The van der Waals surface area contributed by atoms with Gasteiger partial charge in [-0.05, 0) is 22.0 Å². The Labute approximate surface area is 127 Å². The zero-order chi connectivity index (χ0) is 13.9. The highest BCUT2D eigenvalue weighted by Crippen LogP contribution is 2.45. The highest BCUT2D eigenvalue weighted by molar-refractivity contribution is 9.10. The number of hydrogen-bond donors (Lipinski definition) is 1. The van der Waals surface area contributed by atoms with Crippen LogP contribution in [0, 0.1) is 0 Å². The maximum Gasteiger partial charge on any atom is 0.179 e. The average molecular weight is 343 g/mol. The largest absolute Gasteiger partial charge is 0.495 e. The van der Waals surface area contributed by atoms with Gasteiger partial charge in [0.1, 0.15) is 23.4 Å². The standard InChI is InChI=1S/C14H19BrN2O3/c1-18-13-10(9-17-4-2-16-3-5-17)8-11-14(12(13)15)20-7-6-19-11/h8,16H,2-7,9H2,1H3. The number of piperazine rings is 1. The summed E-state index contributed by atoms with van der Waals surface area (Å²) in [6.45, 7) is 6.21. The second-order valence-corrected chi connectivity index (χ2v) is 5.73. The zero-order valence-electron chi connectivity index (χ0n) is 11.6. The van der Waals surface area contributed by atoms with Crippen LogP contribution < -0.4 is 19.5 Å². The third-order valence-electron chi connectivity index (χ3n) is 3.61. The van der Waals surface area contributed by atoms with Gasteiger partial charge in [0.15, 0.2) is 11.5 Å². The van der Waals surface area contributed by atoms with E-state index < -0.39 is 0 Å². The molecule has 1 aromatic carbocycles. The van der Waals surface area contributed by atoms with Gasteiger partial charge in [-0.2, -0.15) is 0 Å². The smallest absolute Gasteiger partial charge is 0.179 e. The molecule has 2 aliphatic heterocycles. The van der Waals surface area contributed by atoms with Crippen LogP contribution in [0.1, 0.15) is 5.56 Å². The number of halogens is 1. The Balaban J connectivity index is 1.90. The number of ether oxygens (including phenoxy) is 3. The van der Waals surface area contributed by atoms with Crippen LogP contribution in [0.25, 0.3) is 0 Å². The SMILES string of the molecule is COc1c(CN2CCNCC2)cc2c(c1Br)OCCO2. The first-order valence-electron chi connectivity index (χ1n) is 6.87. The Morgan fingerprint density at radius 1 is 1.30 bits per heavy atom. The van der Waals surface area contributed by atoms with E-state index in [1.54, 1.807) is 7.11 Å². The molecule has 0 radical (unpaired) electrons. The molecule has 5 nitrogen and oxygen atoms in total. The summed E-state index contributed by atoms with van der Waals surface area (Å²) in [5.41, 5.74) is 1.13. The summed E-state index contributed by atoms with van der Waals surface area (Å²) in [6.07, 6.45) is 0. The van der Waals surface area contributed by atoms with Crippen LogP contribution in [0.3, 0.4) is 0 Å². The molecule has 0 aliphatic carbocycles. The zero-order valence-corrected chi connectivity index (χ0v) is 13.2. The van der Waals surface area contributed by atoms with E-state index in [1.807, 2.05) is 6.07 Å². The second kappa shape index (κ2) is 6.20. The first kappa shape index (κ1) is 14.0. The molecule has 3 rings (SSSR count). The van der Waals surface area contributed by atoms with Crippen molar-refractivity contribution in [2.45, 2.75) is 6.54 Å². The van der Waals surface area contributed by atoms with Crippen molar-refractivity contribution in [3.05, 3.63) is 16.1 Å². The van der Waals surface area contributed by atoms with Gasteiger partial charge >= 0.3 is 0 Å². The number of nitrogens with zero attached hydrogens (tertiary/aromatic N) is 1. The molecule has 0 bridgehead atoms. The summed E-state index contributed by atoms with van der Waals surface area (Å²) in [5, 5.41) is 3.36. The number of rotatable bonds is 3. The van der Waals surface area contributed by atoms with Crippen molar-refractivity contribution in [3.63, 3.8) is 0 Å². The number of hydrogen-bond acceptors (Lipinski definition) is 5. The first-order valence-corrected chi connectivity index (χ1v) is 7.67. The van der Waals surface area contributed by atoms with Gasteiger partial charge < -0.3 is 19.5 Å². The van der Waals surface area contributed by atoms with E-state index in [0.717, 1.165) is 60.0 Å². The van der Waals surface area contributed by atoms with Gasteiger partial charge in [0.2, 0.25) is 0 Å². The fraction of sp³-hybridized carbons (Fsp3) is 0.571. The van der Waals surface area contributed by atoms with E-state index in [9.17, 15) is 0 Å². The van der Waals surface area contributed by atoms with Crippen molar-refractivity contribution in [2.75, 3.05) is 46.5 Å². The van der Waals surface area contributed by atoms with Crippen LogP contribution in [0.2, 0.25) is 0 Å². The Bertz CT molecular complexity index is 490. The minimum absolute atomic E-state index is 0.575. The maximum atomic E-state index is 5.69. The topological polar surface area (TPSA) is 43.0 Å². The van der Waals surface area contributed by atoms with Gasteiger partial charge in [-0.25, -0.2) is 0 Å². The number of nitrogens with one attached hydrogen (secondary N) is 1. The van der Waals surface area contributed by atoms with Crippen molar-refractivity contribution >= 4 is 15.9 Å². The first-order chi connectivity index (χ1) is 9.79. The quantitative estimate of drug-likeness (QED) is 0.904. The van der Waals surface area contributed by atoms with E-state index in [-0.39, 0.29) is 0 Å². The highest BCUT2D eigenvalue weighted by Gasteiger charge is 2.23. The molecule has 0 unspecified atom stereocenters. The second-order valence-electron chi connectivity index (χ2n) is 4.93. The Morgan fingerprint density at radius 2 is 2.05 bits per heavy atom. The molecular formula is C14H19BrN2O3. The molecule has 0 aromatic heterocycles. The van der Waals surface area contributed by atoms with Crippen molar-refractivity contribution in [1.82, 2.24) is 10.2 Å². The molecule has 1 saturated heterocycles. The molecule has 0 amide bonds. The third-order valence-corrected chi connectivity index (χ3v) is 4.33. The van der Waals surface area contributed by atoms with Crippen LogP contribution in [0.4, 0.5) is 0 Å². The molecule has 2 heterocycles. The average Bonchev–Trinajstić information content (AvgIpc) is 2.49. The fourth-order valence-corrected chi connectivity index (χ4v) is 3.35. The lowest BCUT2D eigenvalue weighted by atomic mass is 10.1. The van der Waals surface area contributed by atoms with Crippen LogP contribution in [-0.2, 0) is 6.54 Å². The summed E-state index contributed by atoms with van der Waals surface area (Å²) in [6, 6.07) is 2.04. The van der Waals surface area contributed by atoms with Gasteiger partial charge in [0.25, 0.3) is 0 Å². The highest BCUT2D eigenvalue weighted by atomic mass is 79.9. The predicted molar refractivity (Wildman–Crippen MR) is 79.8 cm³/mol. The van der Waals surface area contributed by atoms with E-state index in [1.165, 1.54) is 0 Å². The number of fused-ring (bicyclic) bond motifs is 1. The summed E-state index contributed by atoms with van der Waals surface area (Å²) in [5.74, 6) is 2.39. The molecule has 0 atom stereocenters. The Hall–Kier alpha value is -0.980. The number of benzene rings is 1. The van der Waals surface area contributed by atoms with Gasteiger partial charge in [-0.15, -0.1) is 0 Å². The molecule has 0 saturated carbocycles. The van der Waals surface area contributed by atoms with E-state index in [0.29, 0.717) is 13.2 Å². The van der Waals surface area contributed by atoms with Gasteiger partial charge in [-0.1, -0.05) is 0 Å². The lowest BCUT2D eigenvalue weighted by Gasteiger charge is -2.29. The van der Waals surface area contributed by atoms with Crippen LogP contribution in [0.5, 0.6) is 17.2 Å². The molecule has 0 spiro atoms. The summed E-state index contributed by atoms with van der Waals surface area (Å²) in [7, 11) is 1.69. The van der Waals surface area contributed by atoms with Crippen LogP contribution >= 0.6 is 15.9 Å². The fourth-order valence-electron chi connectivity index (χ4n) is 2.63. The lowest BCUT2D eigenvalue weighted by Crippen LogP contribution is -2.42. The minimum Gasteiger partial charge on any atom is -0.495 e. The third kappa shape index (κ3) is 2.73. The molecule has 1 N–H and O–H groups in total. The minimum atomic E-state index is 0.575. The van der Waals surface area contributed by atoms with E-state index in [4.69, 9.17) is 14.2 Å². The van der Waals surface area contributed by atoms with E-state index >= 15 is 0 Å². The Kier molecular flexibility index (Phi) is 4.33. The maximum absolute atomic E-state index is 5.69. The normalized spacial score (nSPS) is 18.9. The predicted octanol–water partition coefficient (Wildman–Crippen LogP) is 1.63. The molecule has 2 aliphatic rings. The van der Waals surface area contributed by atoms with Gasteiger partial charge in [-0.3, -0.25) is 4.90 Å². The van der Waals surface area contributed by atoms with Crippen molar-refractivity contribution in [2.24, 2.45) is 0 Å². The van der Waals surface area contributed by atoms with Crippen molar-refractivity contribution < 1.29 is 14.2 Å². The number of methoxy groups -OCH3 is 1. The molecule has 1 fully saturated rings. The lowest BCUT2D eigenvalue weighted by molar-refractivity contribution is 0.168. The Morgan fingerprint density at radius 3 is 2.80 bits per heavy atom. The molecule has 20 heavy (non-hydrogen) atoms. The molecule has 110 valence electrons. The molecule has 6 heteroatoms. The van der Waals surface area contributed by atoms with Crippen LogP contribution in [-0.4, -0.2) is 51.4 Å². The molecule has 1 aromatic rings. The summed E-state index contributed by atoms with van der Waals surface area (Å²) >= 11 is 3.58. The summed E-state index contributed by atoms with van der Waals surface area (Å²) in [4.78, 5) is 2.41. The van der Waals surface area contributed by atoms with Crippen molar-refractivity contribution in [1.29, 1.82) is 0 Å². The monoisotopic (exact) mass is 342 g/mol. The van der Waals surface area contributed by atoms with Crippen LogP contribution in [0.15, 0.2) is 10.5 Å². The summed E-state index contributed by atoms with van der Waals surface area (Å²) < 4.78 is 17.8.